The molecular weight excluding hydrogens is 508 g/mol. The van der Waals surface area contributed by atoms with E-state index in [9.17, 15) is 31.4 Å². The molecule has 2 aliphatic heterocycles. The number of likely N-dealkylation sites (tertiary alicyclic amines) is 1. The molecule has 38 heavy (non-hydrogen) atoms. The number of aliphatic hydroxyl groups is 1. The van der Waals surface area contributed by atoms with Gasteiger partial charge in [-0.2, -0.15) is 26.3 Å². The Morgan fingerprint density at radius 2 is 1.63 bits per heavy atom. The van der Waals surface area contributed by atoms with Crippen molar-refractivity contribution in [2.75, 3.05) is 19.7 Å². The third-order valence-electron chi connectivity index (χ3n) is 8.48. The number of ether oxygens (including phenoxy) is 1. The van der Waals surface area contributed by atoms with Gasteiger partial charge in [0.1, 0.15) is 5.75 Å². The van der Waals surface area contributed by atoms with Crippen LogP contribution in [0.15, 0.2) is 36.4 Å². The lowest BCUT2D eigenvalue weighted by molar-refractivity contribution is -0.142. The molecule has 9 heteroatoms. The van der Waals surface area contributed by atoms with E-state index in [1.807, 2.05) is 17.9 Å². The molecule has 2 heterocycles. The van der Waals surface area contributed by atoms with Gasteiger partial charge in [0.2, 0.25) is 0 Å². The number of hydrogen-bond acceptors (Lipinski definition) is 3. The van der Waals surface area contributed by atoms with Crippen LogP contribution in [0.5, 0.6) is 5.75 Å². The van der Waals surface area contributed by atoms with Gasteiger partial charge in [0.25, 0.3) is 0 Å². The quantitative estimate of drug-likeness (QED) is 0.398. The number of benzene rings is 2. The average molecular weight is 542 g/mol. The molecule has 1 N–H and O–H groups in total. The minimum Gasteiger partial charge on any atom is -0.493 e. The Morgan fingerprint density at radius 3 is 2.24 bits per heavy atom. The molecule has 2 fully saturated rings. The van der Waals surface area contributed by atoms with Crippen molar-refractivity contribution in [3.05, 3.63) is 64.2 Å². The molecule has 208 valence electrons. The lowest BCUT2D eigenvalue weighted by Gasteiger charge is -2.38. The van der Waals surface area contributed by atoms with Crippen LogP contribution in [0, 0.1) is 17.8 Å². The van der Waals surface area contributed by atoms with Gasteiger partial charge >= 0.3 is 12.4 Å². The first kappa shape index (κ1) is 27.3. The molecule has 1 aliphatic carbocycles. The zero-order valence-electron chi connectivity index (χ0n) is 21.3. The molecule has 0 bridgehead atoms. The number of rotatable bonds is 6. The first-order chi connectivity index (χ1) is 17.9. The largest absolute Gasteiger partial charge is 0.493 e. The zero-order chi connectivity index (χ0) is 27.2. The standard InChI is InChI=1S/C29H33F6NO2/c1-17(37)27(19-2-3-19)20-4-7-26-21(12-20)13-23(16-38-26)18-8-10-36(11-9-18)15-22-14-24(28(30,31)32)5-6-25(22)29(33,34)35/h4-7,12,14,17-19,23,27,37H,2-3,8-11,13,15-16H2,1H3/t17-,23?,27?/m0/s1. The van der Waals surface area contributed by atoms with Gasteiger partial charge in [-0.05, 0) is 105 Å². The Kier molecular flexibility index (Phi) is 7.46. The van der Waals surface area contributed by atoms with Gasteiger partial charge in [0, 0.05) is 18.4 Å². The molecule has 2 unspecified atom stereocenters. The summed E-state index contributed by atoms with van der Waals surface area (Å²) < 4.78 is 86.1. The van der Waals surface area contributed by atoms with Gasteiger partial charge in [-0.25, -0.2) is 0 Å². The van der Waals surface area contributed by atoms with E-state index in [-0.39, 0.29) is 23.9 Å². The van der Waals surface area contributed by atoms with E-state index >= 15 is 0 Å². The molecule has 0 aromatic heterocycles. The molecule has 3 atom stereocenters. The predicted octanol–water partition coefficient (Wildman–Crippen LogP) is 7.06. The summed E-state index contributed by atoms with van der Waals surface area (Å²) >= 11 is 0. The van der Waals surface area contributed by atoms with Crippen LogP contribution in [-0.4, -0.2) is 35.8 Å². The van der Waals surface area contributed by atoms with Gasteiger partial charge in [-0.15, -0.1) is 0 Å². The lowest BCUT2D eigenvalue weighted by atomic mass is 9.79. The van der Waals surface area contributed by atoms with Crippen LogP contribution in [0.1, 0.15) is 66.3 Å². The summed E-state index contributed by atoms with van der Waals surface area (Å²) in [6, 6.07) is 7.89. The second-order valence-electron chi connectivity index (χ2n) is 11.2. The second-order valence-corrected chi connectivity index (χ2v) is 11.2. The molecular formula is C29H33F6NO2. The fraction of sp³-hybridized carbons (Fsp3) is 0.586. The first-order valence-electron chi connectivity index (χ1n) is 13.3. The Hall–Kier alpha value is -2.26. The maximum absolute atomic E-state index is 13.5. The molecule has 0 spiro atoms. The van der Waals surface area contributed by atoms with E-state index in [1.54, 1.807) is 0 Å². The Labute approximate surface area is 218 Å². The summed E-state index contributed by atoms with van der Waals surface area (Å²) in [5.74, 6) is 2.10. The monoisotopic (exact) mass is 541 g/mol. The Bertz CT molecular complexity index is 1130. The second kappa shape index (κ2) is 10.4. The van der Waals surface area contributed by atoms with Crippen molar-refractivity contribution < 1.29 is 36.2 Å². The van der Waals surface area contributed by atoms with Gasteiger partial charge in [-0.3, -0.25) is 4.90 Å². The van der Waals surface area contributed by atoms with Crippen molar-refractivity contribution in [2.45, 2.75) is 69.9 Å². The van der Waals surface area contributed by atoms with Crippen molar-refractivity contribution >= 4 is 0 Å². The van der Waals surface area contributed by atoms with E-state index < -0.39 is 29.6 Å². The highest BCUT2D eigenvalue weighted by atomic mass is 19.4. The van der Waals surface area contributed by atoms with Crippen LogP contribution in [0.3, 0.4) is 0 Å². The number of piperidine rings is 1. The number of fused-ring (bicyclic) bond motifs is 1. The van der Waals surface area contributed by atoms with Crippen LogP contribution in [0.25, 0.3) is 0 Å². The van der Waals surface area contributed by atoms with Crippen LogP contribution in [-0.2, 0) is 25.3 Å². The number of nitrogens with zero attached hydrogens (tertiary/aromatic N) is 1. The van der Waals surface area contributed by atoms with E-state index in [2.05, 4.69) is 12.1 Å². The third kappa shape index (κ3) is 5.98. The van der Waals surface area contributed by atoms with E-state index in [4.69, 9.17) is 4.74 Å². The molecule has 3 nitrogen and oxygen atoms in total. The summed E-state index contributed by atoms with van der Waals surface area (Å²) in [6.07, 6.45) is -5.21. The normalized spacial score (nSPS) is 23.0. The van der Waals surface area contributed by atoms with Crippen molar-refractivity contribution in [1.29, 1.82) is 0 Å². The van der Waals surface area contributed by atoms with Gasteiger partial charge < -0.3 is 9.84 Å². The van der Waals surface area contributed by atoms with Crippen molar-refractivity contribution in [1.82, 2.24) is 4.90 Å². The van der Waals surface area contributed by atoms with Crippen LogP contribution in [0.2, 0.25) is 0 Å². The third-order valence-corrected chi connectivity index (χ3v) is 8.48. The van der Waals surface area contributed by atoms with Gasteiger partial charge in [0.05, 0.1) is 23.8 Å². The zero-order valence-corrected chi connectivity index (χ0v) is 21.3. The maximum atomic E-state index is 13.5. The van der Waals surface area contributed by atoms with Crippen LogP contribution in [0.4, 0.5) is 26.3 Å². The number of halogens is 6. The topological polar surface area (TPSA) is 32.7 Å². The highest BCUT2D eigenvalue weighted by Crippen LogP contribution is 2.46. The van der Waals surface area contributed by atoms with E-state index in [0.29, 0.717) is 49.7 Å². The van der Waals surface area contributed by atoms with E-state index in [1.165, 1.54) is 0 Å². The molecule has 2 aromatic rings. The summed E-state index contributed by atoms with van der Waals surface area (Å²) in [5.41, 5.74) is -0.139. The van der Waals surface area contributed by atoms with Gasteiger partial charge in [-0.1, -0.05) is 12.1 Å². The summed E-state index contributed by atoms with van der Waals surface area (Å²) in [6.45, 7) is 3.29. The fourth-order valence-electron chi connectivity index (χ4n) is 6.35. The lowest BCUT2D eigenvalue weighted by Crippen LogP contribution is -2.39. The van der Waals surface area contributed by atoms with Gasteiger partial charge in [0.15, 0.2) is 0 Å². The van der Waals surface area contributed by atoms with Crippen molar-refractivity contribution in [3.63, 3.8) is 0 Å². The highest BCUT2D eigenvalue weighted by molar-refractivity contribution is 5.41. The summed E-state index contributed by atoms with van der Waals surface area (Å²) in [5, 5.41) is 10.3. The number of hydrogen-bond donors (Lipinski definition) is 1. The molecule has 3 aliphatic rings. The summed E-state index contributed by atoms with van der Waals surface area (Å²) in [4.78, 5) is 1.82. The van der Waals surface area contributed by atoms with E-state index in [0.717, 1.165) is 49.0 Å². The van der Waals surface area contributed by atoms with Crippen LogP contribution >= 0.6 is 0 Å². The maximum Gasteiger partial charge on any atom is 0.416 e. The molecule has 2 aromatic carbocycles. The summed E-state index contributed by atoms with van der Waals surface area (Å²) in [7, 11) is 0. The predicted molar refractivity (Wildman–Crippen MR) is 131 cm³/mol. The molecule has 0 amide bonds. The Balaban J connectivity index is 1.23. The smallest absolute Gasteiger partial charge is 0.416 e. The van der Waals surface area contributed by atoms with Crippen LogP contribution < -0.4 is 4.74 Å². The molecule has 0 radical (unpaired) electrons. The minimum absolute atomic E-state index is 0.126. The molecule has 1 saturated carbocycles. The average Bonchev–Trinajstić information content (AvgIpc) is 3.68. The minimum atomic E-state index is -4.71. The number of aliphatic hydroxyl groups excluding tert-OH is 1. The molecule has 5 rings (SSSR count). The Morgan fingerprint density at radius 1 is 0.921 bits per heavy atom. The highest BCUT2D eigenvalue weighted by Gasteiger charge is 2.39. The van der Waals surface area contributed by atoms with Crippen molar-refractivity contribution in [2.24, 2.45) is 17.8 Å². The molecule has 1 saturated heterocycles. The fourth-order valence-corrected chi connectivity index (χ4v) is 6.35. The number of alkyl halides is 6. The van der Waals surface area contributed by atoms with Crippen molar-refractivity contribution in [3.8, 4) is 5.75 Å². The first-order valence-corrected chi connectivity index (χ1v) is 13.3. The SMILES string of the molecule is C[C@H](O)C(c1ccc2c(c1)CC(C1CCN(Cc3cc(C(F)(F)F)ccc3C(F)(F)F)CC1)CO2)C1CC1.